The predicted octanol–water partition coefficient (Wildman–Crippen LogP) is -0.00520. The van der Waals surface area contributed by atoms with Crippen LogP contribution in [0.4, 0.5) is 0 Å². The van der Waals surface area contributed by atoms with E-state index in [1.165, 1.54) is 0 Å². The van der Waals surface area contributed by atoms with E-state index in [-0.39, 0.29) is 5.41 Å². The van der Waals surface area contributed by atoms with Crippen molar-refractivity contribution in [2.75, 3.05) is 30.9 Å². The minimum absolute atomic E-state index is 0.168. The van der Waals surface area contributed by atoms with Gasteiger partial charge in [-0.1, -0.05) is 11.9 Å². The van der Waals surface area contributed by atoms with E-state index in [0.29, 0.717) is 11.5 Å². The van der Waals surface area contributed by atoms with E-state index in [4.69, 9.17) is 0 Å². The topological polar surface area (TPSA) is 37.4 Å². The molecule has 0 unspecified atom stereocenters. The molecule has 0 aromatic heterocycles. The fraction of sp³-hybridized carbons (Fsp3) is 1.00. The maximum atomic E-state index is 10.9. The average molecular weight is 193 g/mol. The molecule has 64 valence electrons. The molecule has 0 saturated carbocycles. The van der Waals surface area contributed by atoms with Crippen molar-refractivity contribution in [3.8, 4) is 0 Å². The van der Waals surface area contributed by atoms with Gasteiger partial charge < -0.3 is 0 Å². The SMILES string of the molecule is CSN1CC2(C1)CS(=O)(=O)C2. The van der Waals surface area contributed by atoms with Gasteiger partial charge in [0.1, 0.15) is 0 Å². The number of nitrogens with zero attached hydrogens (tertiary/aromatic N) is 1. The monoisotopic (exact) mass is 193 g/mol. The van der Waals surface area contributed by atoms with Gasteiger partial charge in [-0.2, -0.15) is 0 Å². The van der Waals surface area contributed by atoms with Gasteiger partial charge in [-0.15, -0.1) is 0 Å². The molecule has 0 aromatic rings. The first-order valence-corrected chi connectivity index (χ1v) is 6.55. The summed E-state index contributed by atoms with van der Waals surface area (Å²) in [6, 6.07) is 0. The van der Waals surface area contributed by atoms with Crippen LogP contribution in [-0.4, -0.2) is 43.6 Å². The molecule has 0 N–H and O–H groups in total. The molecule has 5 heteroatoms. The molecular formula is C6H11NO2S2. The standard InChI is InChI=1S/C6H11NO2S2/c1-10-7-2-6(3-7)4-11(8,9)5-6/h2-5H2,1H3. The van der Waals surface area contributed by atoms with Gasteiger partial charge >= 0.3 is 0 Å². The van der Waals surface area contributed by atoms with Gasteiger partial charge in [0.2, 0.25) is 0 Å². The molecule has 2 aliphatic heterocycles. The molecule has 2 rings (SSSR count). The maximum absolute atomic E-state index is 10.9. The molecule has 0 aromatic carbocycles. The Morgan fingerprint density at radius 2 is 1.91 bits per heavy atom. The van der Waals surface area contributed by atoms with Crippen LogP contribution in [0, 0.1) is 5.41 Å². The summed E-state index contributed by atoms with van der Waals surface area (Å²) < 4.78 is 23.9. The van der Waals surface area contributed by atoms with Crippen molar-refractivity contribution in [1.29, 1.82) is 0 Å². The summed E-state index contributed by atoms with van der Waals surface area (Å²) in [5.41, 5.74) is 0.168. The normalized spacial score (nSPS) is 32.8. The first-order chi connectivity index (χ1) is 5.05. The molecule has 0 aliphatic carbocycles. The first kappa shape index (κ1) is 7.89. The summed E-state index contributed by atoms with van der Waals surface area (Å²) in [4.78, 5) is 0. The van der Waals surface area contributed by atoms with Crippen LogP contribution in [-0.2, 0) is 9.84 Å². The average Bonchev–Trinajstić information content (AvgIpc) is 1.75. The third-order valence-electron chi connectivity index (χ3n) is 2.33. The number of hydrogen-bond acceptors (Lipinski definition) is 4. The Balaban J connectivity index is 1.93. The Bertz CT molecular complexity index is 252. The van der Waals surface area contributed by atoms with E-state index in [9.17, 15) is 8.42 Å². The highest BCUT2D eigenvalue weighted by molar-refractivity contribution is 7.96. The molecule has 0 atom stereocenters. The van der Waals surface area contributed by atoms with E-state index in [1.54, 1.807) is 11.9 Å². The van der Waals surface area contributed by atoms with Gasteiger partial charge in [0, 0.05) is 18.5 Å². The minimum Gasteiger partial charge on any atom is -0.250 e. The van der Waals surface area contributed by atoms with Crippen LogP contribution in [0.1, 0.15) is 0 Å². The molecule has 11 heavy (non-hydrogen) atoms. The lowest BCUT2D eigenvalue weighted by molar-refractivity contribution is 0.113. The lowest BCUT2D eigenvalue weighted by Gasteiger charge is -2.53. The Morgan fingerprint density at radius 3 is 2.27 bits per heavy atom. The summed E-state index contributed by atoms with van der Waals surface area (Å²) in [6.45, 7) is 1.93. The number of hydrogen-bond donors (Lipinski definition) is 0. The summed E-state index contributed by atoms with van der Waals surface area (Å²) in [6.07, 6.45) is 2.03. The van der Waals surface area contributed by atoms with Crippen molar-refractivity contribution in [3.63, 3.8) is 0 Å². The Labute approximate surface area is 71.2 Å². The molecule has 2 saturated heterocycles. The van der Waals surface area contributed by atoms with E-state index in [1.807, 2.05) is 6.26 Å². The highest BCUT2D eigenvalue weighted by Gasteiger charge is 2.55. The third kappa shape index (κ3) is 1.19. The zero-order chi connectivity index (χ0) is 8.11. The smallest absolute Gasteiger partial charge is 0.151 e. The van der Waals surface area contributed by atoms with Crippen molar-refractivity contribution in [1.82, 2.24) is 4.31 Å². The van der Waals surface area contributed by atoms with Crippen molar-refractivity contribution in [2.24, 2.45) is 5.41 Å². The molecule has 3 nitrogen and oxygen atoms in total. The van der Waals surface area contributed by atoms with Crippen LogP contribution in [0.25, 0.3) is 0 Å². The molecule has 0 radical (unpaired) electrons. The second kappa shape index (κ2) is 2.14. The van der Waals surface area contributed by atoms with Crippen LogP contribution >= 0.6 is 11.9 Å². The summed E-state index contributed by atoms with van der Waals surface area (Å²) in [7, 11) is -2.62. The van der Waals surface area contributed by atoms with Crippen molar-refractivity contribution >= 4 is 21.8 Å². The van der Waals surface area contributed by atoms with E-state index in [2.05, 4.69) is 4.31 Å². The quantitative estimate of drug-likeness (QED) is 0.549. The summed E-state index contributed by atoms with van der Waals surface area (Å²) in [5, 5.41) is 0. The molecule has 2 heterocycles. The number of rotatable bonds is 1. The molecule has 2 aliphatic rings. The largest absolute Gasteiger partial charge is 0.250 e. The molecule has 1 spiro atoms. The predicted molar refractivity (Wildman–Crippen MR) is 46.2 cm³/mol. The van der Waals surface area contributed by atoms with Crippen LogP contribution in [0.15, 0.2) is 0 Å². The van der Waals surface area contributed by atoms with Crippen molar-refractivity contribution in [3.05, 3.63) is 0 Å². The lowest BCUT2D eigenvalue weighted by atomic mass is 9.85. The Kier molecular flexibility index (Phi) is 1.54. The van der Waals surface area contributed by atoms with E-state index >= 15 is 0 Å². The first-order valence-electron chi connectivity index (χ1n) is 3.55. The minimum atomic E-state index is -2.62. The molecular weight excluding hydrogens is 182 g/mol. The van der Waals surface area contributed by atoms with Crippen LogP contribution < -0.4 is 0 Å². The fourth-order valence-corrected chi connectivity index (χ4v) is 4.86. The van der Waals surface area contributed by atoms with E-state index < -0.39 is 9.84 Å². The highest BCUT2D eigenvalue weighted by Crippen LogP contribution is 2.43. The summed E-state index contributed by atoms with van der Waals surface area (Å²) >= 11 is 1.70. The second-order valence-corrected chi connectivity index (χ2v) is 6.46. The fourth-order valence-electron chi connectivity index (χ4n) is 1.90. The lowest BCUT2D eigenvalue weighted by Crippen LogP contribution is -2.66. The maximum Gasteiger partial charge on any atom is 0.151 e. The molecule has 0 bridgehead atoms. The van der Waals surface area contributed by atoms with Gasteiger partial charge in [0.15, 0.2) is 9.84 Å². The van der Waals surface area contributed by atoms with Gasteiger partial charge in [-0.3, -0.25) is 0 Å². The highest BCUT2D eigenvalue weighted by atomic mass is 32.2. The zero-order valence-electron chi connectivity index (χ0n) is 6.41. The van der Waals surface area contributed by atoms with Crippen LogP contribution in [0.5, 0.6) is 0 Å². The molecule has 2 fully saturated rings. The Morgan fingerprint density at radius 1 is 1.36 bits per heavy atom. The zero-order valence-corrected chi connectivity index (χ0v) is 8.04. The van der Waals surface area contributed by atoms with Gasteiger partial charge in [0.05, 0.1) is 11.5 Å². The van der Waals surface area contributed by atoms with Gasteiger partial charge in [-0.25, -0.2) is 12.7 Å². The van der Waals surface area contributed by atoms with Gasteiger partial charge in [0.25, 0.3) is 0 Å². The second-order valence-electron chi connectivity index (χ2n) is 3.51. The third-order valence-corrected chi connectivity index (χ3v) is 5.21. The van der Waals surface area contributed by atoms with Gasteiger partial charge in [-0.05, 0) is 6.26 Å². The van der Waals surface area contributed by atoms with Crippen LogP contribution in [0.2, 0.25) is 0 Å². The van der Waals surface area contributed by atoms with Crippen LogP contribution in [0.3, 0.4) is 0 Å². The Hall–Kier alpha value is 0.260. The van der Waals surface area contributed by atoms with Crippen molar-refractivity contribution < 1.29 is 8.42 Å². The number of sulfone groups is 1. The molecule has 0 amide bonds. The summed E-state index contributed by atoms with van der Waals surface area (Å²) in [5.74, 6) is 0.855. The van der Waals surface area contributed by atoms with Crippen molar-refractivity contribution in [2.45, 2.75) is 0 Å². The van der Waals surface area contributed by atoms with E-state index in [0.717, 1.165) is 13.1 Å².